The molecule has 5 rings (SSSR count). The van der Waals surface area contributed by atoms with Crippen molar-refractivity contribution >= 4 is 11.8 Å². The van der Waals surface area contributed by atoms with E-state index in [2.05, 4.69) is 15.2 Å². The number of carbonyl (C=O) groups is 2. The van der Waals surface area contributed by atoms with Crippen LogP contribution in [0.5, 0.6) is 0 Å². The third-order valence-electron chi connectivity index (χ3n) is 6.22. The van der Waals surface area contributed by atoms with Crippen LogP contribution >= 0.6 is 0 Å². The van der Waals surface area contributed by atoms with Crippen molar-refractivity contribution in [1.29, 1.82) is 0 Å². The highest BCUT2D eigenvalue weighted by Crippen LogP contribution is 2.46. The van der Waals surface area contributed by atoms with Crippen LogP contribution in [0.2, 0.25) is 0 Å². The molecule has 2 atom stereocenters. The first-order valence-electron chi connectivity index (χ1n) is 9.82. The van der Waals surface area contributed by atoms with Gasteiger partial charge in [-0.2, -0.15) is 10.1 Å². The molecule has 148 valence electrons. The second kappa shape index (κ2) is 6.15. The van der Waals surface area contributed by atoms with Crippen molar-refractivity contribution < 1.29 is 14.1 Å². The Balaban J connectivity index is 1.38. The third-order valence-corrected chi connectivity index (χ3v) is 6.22. The van der Waals surface area contributed by atoms with E-state index in [1.807, 2.05) is 29.0 Å². The SMILES string of the molecule is Cc1ccn(CC(=O)N2C[C@H]3CN(C(=O)C4CC4)C[C@@]3(c3nc(C)no3)C2)n1. The number of nitrogens with zero attached hydrogens (tertiary/aromatic N) is 6. The summed E-state index contributed by atoms with van der Waals surface area (Å²) in [6, 6.07) is 1.88. The van der Waals surface area contributed by atoms with Gasteiger partial charge in [-0.15, -0.1) is 0 Å². The summed E-state index contributed by atoms with van der Waals surface area (Å²) in [4.78, 5) is 33.8. The molecule has 4 heterocycles. The van der Waals surface area contributed by atoms with E-state index < -0.39 is 5.41 Å². The molecular formula is C19H24N6O3. The van der Waals surface area contributed by atoms with Gasteiger partial charge < -0.3 is 14.3 Å². The molecule has 0 spiro atoms. The summed E-state index contributed by atoms with van der Waals surface area (Å²) in [6.07, 6.45) is 3.79. The first-order valence-corrected chi connectivity index (χ1v) is 9.82. The van der Waals surface area contributed by atoms with Crippen molar-refractivity contribution in [2.75, 3.05) is 26.2 Å². The molecule has 3 fully saturated rings. The highest BCUT2D eigenvalue weighted by atomic mass is 16.5. The van der Waals surface area contributed by atoms with E-state index in [0.717, 1.165) is 18.5 Å². The highest BCUT2D eigenvalue weighted by molar-refractivity contribution is 5.82. The summed E-state index contributed by atoms with van der Waals surface area (Å²) in [5.74, 6) is 1.67. The Hall–Kier alpha value is -2.71. The van der Waals surface area contributed by atoms with Crippen molar-refractivity contribution in [1.82, 2.24) is 29.7 Å². The van der Waals surface area contributed by atoms with Crippen LogP contribution in [0.4, 0.5) is 0 Å². The molecule has 0 N–H and O–H groups in total. The molecule has 2 aromatic heterocycles. The maximum atomic E-state index is 12.9. The van der Waals surface area contributed by atoms with Crippen LogP contribution in [0.1, 0.15) is 30.3 Å². The molecule has 9 nitrogen and oxygen atoms in total. The first kappa shape index (κ1) is 17.4. The molecule has 28 heavy (non-hydrogen) atoms. The van der Waals surface area contributed by atoms with Gasteiger partial charge in [-0.1, -0.05) is 5.16 Å². The number of carbonyl (C=O) groups excluding carboxylic acids is 2. The smallest absolute Gasteiger partial charge is 0.244 e. The van der Waals surface area contributed by atoms with Crippen LogP contribution in [0.3, 0.4) is 0 Å². The lowest BCUT2D eigenvalue weighted by molar-refractivity contribution is -0.132. The van der Waals surface area contributed by atoms with E-state index in [4.69, 9.17) is 4.52 Å². The minimum Gasteiger partial charge on any atom is -0.341 e. The fourth-order valence-corrected chi connectivity index (χ4v) is 4.60. The number of hydrogen-bond donors (Lipinski definition) is 0. The lowest BCUT2D eigenvalue weighted by Gasteiger charge is -2.26. The number of aromatic nitrogens is 4. The second-order valence-corrected chi connectivity index (χ2v) is 8.42. The molecule has 2 amide bonds. The first-order chi connectivity index (χ1) is 13.4. The molecule has 2 aromatic rings. The van der Waals surface area contributed by atoms with Gasteiger partial charge in [-0.05, 0) is 32.8 Å². The van der Waals surface area contributed by atoms with Crippen molar-refractivity contribution in [3.8, 4) is 0 Å². The summed E-state index contributed by atoms with van der Waals surface area (Å²) in [5.41, 5.74) is 0.416. The zero-order valence-electron chi connectivity index (χ0n) is 16.2. The van der Waals surface area contributed by atoms with Gasteiger partial charge in [0.1, 0.15) is 6.54 Å². The third kappa shape index (κ3) is 2.80. The predicted molar refractivity (Wildman–Crippen MR) is 97.1 cm³/mol. The molecule has 0 aromatic carbocycles. The largest absolute Gasteiger partial charge is 0.341 e. The fraction of sp³-hybridized carbons (Fsp3) is 0.632. The molecule has 1 aliphatic carbocycles. The number of aryl methyl sites for hydroxylation is 2. The standard InChI is InChI=1S/C19H24N6O3/c1-12-5-6-25(21-12)9-16(26)23-7-15-8-24(17(27)14-3-4-14)11-19(15,10-23)18-20-13(2)22-28-18/h5-6,14-15H,3-4,7-11H2,1-2H3/t15-,19-/m0/s1. The van der Waals surface area contributed by atoms with Gasteiger partial charge in [0.2, 0.25) is 17.7 Å². The van der Waals surface area contributed by atoms with Gasteiger partial charge in [0.15, 0.2) is 5.82 Å². The molecular weight excluding hydrogens is 360 g/mol. The summed E-state index contributed by atoms with van der Waals surface area (Å²) >= 11 is 0. The lowest BCUT2D eigenvalue weighted by atomic mass is 9.81. The van der Waals surface area contributed by atoms with Crippen LogP contribution in [0, 0.1) is 25.7 Å². The van der Waals surface area contributed by atoms with Crippen LogP contribution in [-0.2, 0) is 21.5 Å². The minimum atomic E-state index is -0.471. The summed E-state index contributed by atoms with van der Waals surface area (Å²) in [6.45, 7) is 6.17. The van der Waals surface area contributed by atoms with Gasteiger partial charge >= 0.3 is 0 Å². The van der Waals surface area contributed by atoms with Gasteiger partial charge in [0.25, 0.3) is 0 Å². The highest BCUT2D eigenvalue weighted by Gasteiger charge is 2.59. The molecule has 9 heteroatoms. The molecule has 1 saturated carbocycles. The van der Waals surface area contributed by atoms with Crippen molar-refractivity contribution in [2.45, 2.75) is 38.6 Å². The van der Waals surface area contributed by atoms with Crippen LogP contribution < -0.4 is 0 Å². The van der Waals surface area contributed by atoms with Crippen molar-refractivity contribution in [3.05, 3.63) is 29.7 Å². The van der Waals surface area contributed by atoms with E-state index >= 15 is 0 Å². The minimum absolute atomic E-state index is 0.0215. The number of likely N-dealkylation sites (tertiary alicyclic amines) is 2. The molecule has 2 saturated heterocycles. The summed E-state index contributed by atoms with van der Waals surface area (Å²) in [5, 5.41) is 8.28. The number of amides is 2. The predicted octanol–water partition coefficient (Wildman–Crippen LogP) is 0.532. The number of fused-ring (bicyclic) bond motifs is 1. The Labute approximate surface area is 162 Å². The molecule has 0 unspecified atom stereocenters. The topological polar surface area (TPSA) is 97.4 Å². The quantitative estimate of drug-likeness (QED) is 0.763. The van der Waals surface area contributed by atoms with E-state index in [1.165, 1.54) is 0 Å². The van der Waals surface area contributed by atoms with E-state index in [0.29, 0.717) is 37.9 Å². The molecule has 3 aliphatic rings. The normalized spacial score (nSPS) is 26.7. The second-order valence-electron chi connectivity index (χ2n) is 8.42. The van der Waals surface area contributed by atoms with E-state index in [9.17, 15) is 9.59 Å². The lowest BCUT2D eigenvalue weighted by Crippen LogP contribution is -2.42. The average Bonchev–Trinajstić information content (AvgIpc) is 2.95. The molecule has 0 bridgehead atoms. The van der Waals surface area contributed by atoms with Gasteiger partial charge in [-0.25, -0.2) is 0 Å². The Morgan fingerprint density at radius 1 is 1.21 bits per heavy atom. The Bertz CT molecular complexity index is 932. The monoisotopic (exact) mass is 384 g/mol. The average molecular weight is 384 g/mol. The van der Waals surface area contributed by atoms with E-state index in [-0.39, 0.29) is 30.2 Å². The van der Waals surface area contributed by atoms with Crippen LogP contribution in [-0.4, -0.2) is 67.7 Å². The Morgan fingerprint density at radius 2 is 1.96 bits per heavy atom. The van der Waals surface area contributed by atoms with Crippen LogP contribution in [0.25, 0.3) is 0 Å². The van der Waals surface area contributed by atoms with Crippen molar-refractivity contribution in [2.24, 2.45) is 11.8 Å². The number of rotatable bonds is 4. The van der Waals surface area contributed by atoms with Gasteiger partial charge in [0.05, 0.1) is 11.1 Å². The summed E-state index contributed by atoms with van der Waals surface area (Å²) < 4.78 is 7.22. The molecule has 0 radical (unpaired) electrons. The van der Waals surface area contributed by atoms with Crippen LogP contribution in [0.15, 0.2) is 16.8 Å². The maximum Gasteiger partial charge on any atom is 0.244 e. The molecule has 2 aliphatic heterocycles. The van der Waals surface area contributed by atoms with Gasteiger partial charge in [-0.3, -0.25) is 14.3 Å². The Morgan fingerprint density at radius 3 is 2.61 bits per heavy atom. The van der Waals surface area contributed by atoms with Gasteiger partial charge in [0, 0.05) is 44.2 Å². The zero-order valence-corrected chi connectivity index (χ0v) is 16.2. The maximum absolute atomic E-state index is 12.9. The fourth-order valence-electron chi connectivity index (χ4n) is 4.60. The number of hydrogen-bond acceptors (Lipinski definition) is 6. The zero-order chi connectivity index (χ0) is 19.5. The Kier molecular flexibility index (Phi) is 3.82. The summed E-state index contributed by atoms with van der Waals surface area (Å²) in [7, 11) is 0. The van der Waals surface area contributed by atoms with Crippen molar-refractivity contribution in [3.63, 3.8) is 0 Å². The van der Waals surface area contributed by atoms with E-state index in [1.54, 1.807) is 11.6 Å².